The van der Waals surface area contributed by atoms with Crippen LogP contribution in [-0.2, 0) is 6.42 Å². The fraction of sp³-hybridized carbons (Fsp3) is 0.333. The summed E-state index contributed by atoms with van der Waals surface area (Å²) in [6.07, 6.45) is 3.76. The van der Waals surface area contributed by atoms with Gasteiger partial charge in [-0.1, -0.05) is 94.4 Å². The van der Waals surface area contributed by atoms with Crippen LogP contribution in [0.25, 0.3) is 0 Å². The molecule has 1 aliphatic rings. The molecule has 1 nitrogen and oxygen atoms in total. The number of aryl methyl sites for hydroxylation is 1. The molecule has 0 heterocycles. The normalized spacial score (nSPS) is 16.9. The average molecular weight is 401 g/mol. The van der Waals surface area contributed by atoms with E-state index in [0.717, 1.165) is 5.75 Å². The fourth-order valence-corrected chi connectivity index (χ4v) is 9.31. The summed E-state index contributed by atoms with van der Waals surface area (Å²) < 4.78 is 7.19. The van der Waals surface area contributed by atoms with E-state index in [4.69, 9.17) is 4.43 Å². The van der Waals surface area contributed by atoms with Gasteiger partial charge in [-0.25, -0.2) is 0 Å². The van der Waals surface area contributed by atoms with Gasteiger partial charge in [-0.15, -0.1) is 0 Å². The lowest BCUT2D eigenvalue weighted by molar-refractivity contribution is 0.504. The van der Waals surface area contributed by atoms with E-state index in [1.54, 1.807) is 0 Å². The Bertz CT molecular complexity index is 917. The Balaban J connectivity index is 1.89. The lowest BCUT2D eigenvalue weighted by atomic mass is 9.84. The van der Waals surface area contributed by atoms with Crippen LogP contribution < -0.4 is 14.8 Å². The SMILES string of the molecule is CC1CCCc2ccc(O[Si](c3ccccc3)(c3ccccc3)C(C)(C)C)cc21. The summed E-state index contributed by atoms with van der Waals surface area (Å²) in [6.45, 7) is 9.35. The lowest BCUT2D eigenvalue weighted by Crippen LogP contribution is -2.68. The van der Waals surface area contributed by atoms with Crippen LogP contribution in [0.15, 0.2) is 78.9 Å². The smallest absolute Gasteiger partial charge is 0.319 e. The molecule has 3 aromatic rings. The molecule has 0 fully saturated rings. The van der Waals surface area contributed by atoms with E-state index in [1.165, 1.54) is 40.8 Å². The molecule has 2 heteroatoms. The van der Waals surface area contributed by atoms with Crippen LogP contribution in [0, 0.1) is 0 Å². The first kappa shape index (κ1) is 20.0. The van der Waals surface area contributed by atoms with Gasteiger partial charge in [0.1, 0.15) is 5.75 Å². The van der Waals surface area contributed by atoms with Gasteiger partial charge in [-0.05, 0) is 63.9 Å². The number of fused-ring (bicyclic) bond motifs is 1. The summed E-state index contributed by atoms with van der Waals surface area (Å²) in [5.41, 5.74) is 2.98. The highest BCUT2D eigenvalue weighted by Crippen LogP contribution is 2.39. The van der Waals surface area contributed by atoms with Crippen LogP contribution >= 0.6 is 0 Å². The maximum Gasteiger partial charge on any atom is 0.319 e. The molecule has 0 radical (unpaired) electrons. The van der Waals surface area contributed by atoms with E-state index in [2.05, 4.69) is 107 Å². The number of hydrogen-bond acceptors (Lipinski definition) is 1. The fourth-order valence-electron chi connectivity index (χ4n) is 4.90. The minimum atomic E-state index is -2.56. The van der Waals surface area contributed by atoms with E-state index in [1.807, 2.05) is 0 Å². The minimum Gasteiger partial charge on any atom is -0.534 e. The van der Waals surface area contributed by atoms with Crippen LogP contribution in [0.3, 0.4) is 0 Å². The monoisotopic (exact) mass is 400 g/mol. The summed E-state index contributed by atoms with van der Waals surface area (Å²) in [4.78, 5) is 0. The Morgan fingerprint density at radius 3 is 1.97 bits per heavy atom. The second-order valence-corrected chi connectivity index (χ2v) is 13.6. The molecule has 0 bridgehead atoms. The predicted octanol–water partition coefficient (Wildman–Crippen LogP) is 6.07. The van der Waals surface area contributed by atoms with Crippen molar-refractivity contribution in [2.75, 3.05) is 0 Å². The zero-order valence-corrected chi connectivity index (χ0v) is 19.1. The molecule has 1 atom stereocenters. The quantitative estimate of drug-likeness (QED) is 0.483. The van der Waals surface area contributed by atoms with E-state index in [-0.39, 0.29) is 5.04 Å². The summed E-state index contributed by atoms with van der Waals surface area (Å²) >= 11 is 0. The van der Waals surface area contributed by atoms with Crippen molar-refractivity contribution < 1.29 is 4.43 Å². The Morgan fingerprint density at radius 2 is 1.41 bits per heavy atom. The predicted molar refractivity (Wildman–Crippen MR) is 126 cm³/mol. The summed E-state index contributed by atoms with van der Waals surface area (Å²) in [6, 6.07) is 28.6. The molecule has 0 aliphatic heterocycles. The highest BCUT2D eigenvalue weighted by atomic mass is 28.4. The van der Waals surface area contributed by atoms with Crippen LogP contribution in [0.5, 0.6) is 5.75 Å². The van der Waals surface area contributed by atoms with Gasteiger partial charge in [0.2, 0.25) is 0 Å². The van der Waals surface area contributed by atoms with E-state index in [9.17, 15) is 0 Å². The van der Waals surface area contributed by atoms with Crippen molar-refractivity contribution in [1.29, 1.82) is 0 Å². The molecular weight excluding hydrogens is 368 g/mol. The summed E-state index contributed by atoms with van der Waals surface area (Å²) in [5, 5.41) is 2.63. The van der Waals surface area contributed by atoms with Crippen molar-refractivity contribution in [2.45, 2.75) is 57.9 Å². The van der Waals surface area contributed by atoms with Gasteiger partial charge in [0.15, 0.2) is 0 Å². The molecule has 1 aliphatic carbocycles. The highest BCUT2D eigenvalue weighted by molar-refractivity contribution is 7.00. The molecular formula is C27H32OSi. The second kappa shape index (κ2) is 7.83. The third-order valence-electron chi connectivity index (χ3n) is 6.42. The minimum absolute atomic E-state index is 0.0166. The third kappa shape index (κ3) is 3.66. The molecule has 4 rings (SSSR count). The number of hydrogen-bond donors (Lipinski definition) is 0. The van der Waals surface area contributed by atoms with E-state index < -0.39 is 8.32 Å². The third-order valence-corrected chi connectivity index (χ3v) is 11.4. The Labute approximate surface area is 176 Å². The van der Waals surface area contributed by atoms with Crippen molar-refractivity contribution in [3.63, 3.8) is 0 Å². The first-order valence-electron chi connectivity index (χ1n) is 10.8. The van der Waals surface area contributed by atoms with Gasteiger partial charge in [0, 0.05) is 0 Å². The van der Waals surface area contributed by atoms with Gasteiger partial charge in [-0.3, -0.25) is 0 Å². The van der Waals surface area contributed by atoms with Crippen molar-refractivity contribution in [2.24, 2.45) is 0 Å². The largest absolute Gasteiger partial charge is 0.534 e. The molecule has 0 aromatic heterocycles. The molecule has 0 saturated carbocycles. The van der Waals surface area contributed by atoms with Crippen molar-refractivity contribution in [3.05, 3.63) is 90.0 Å². The molecule has 0 spiro atoms. The lowest BCUT2D eigenvalue weighted by Gasteiger charge is -2.43. The molecule has 1 unspecified atom stereocenters. The average Bonchev–Trinajstić information content (AvgIpc) is 2.73. The van der Waals surface area contributed by atoms with Gasteiger partial charge >= 0.3 is 8.32 Å². The Kier molecular flexibility index (Phi) is 5.39. The van der Waals surface area contributed by atoms with Gasteiger partial charge in [-0.2, -0.15) is 0 Å². The maximum absolute atomic E-state index is 7.19. The first-order valence-corrected chi connectivity index (χ1v) is 12.8. The standard InChI is InChI=1S/C27H32OSi/c1-21-12-11-13-22-18-19-23(20-26(21)22)28-29(27(2,3)4,24-14-7-5-8-15-24)25-16-9-6-10-17-25/h5-10,14-21H,11-13H2,1-4H3. The van der Waals surface area contributed by atoms with Crippen molar-refractivity contribution >= 4 is 18.7 Å². The second-order valence-electron chi connectivity index (χ2n) is 9.42. The van der Waals surface area contributed by atoms with Crippen molar-refractivity contribution in [3.8, 4) is 5.75 Å². The maximum atomic E-state index is 7.19. The molecule has 3 aromatic carbocycles. The van der Waals surface area contributed by atoms with E-state index in [0.29, 0.717) is 5.92 Å². The topological polar surface area (TPSA) is 9.23 Å². The van der Waals surface area contributed by atoms with E-state index >= 15 is 0 Å². The van der Waals surface area contributed by atoms with Gasteiger partial charge < -0.3 is 4.43 Å². The Morgan fingerprint density at radius 1 is 0.828 bits per heavy atom. The van der Waals surface area contributed by atoms with Gasteiger partial charge in [0.25, 0.3) is 0 Å². The molecule has 29 heavy (non-hydrogen) atoms. The first-order chi connectivity index (χ1) is 13.9. The van der Waals surface area contributed by atoms with Crippen molar-refractivity contribution in [1.82, 2.24) is 0 Å². The van der Waals surface area contributed by atoms with Crippen LogP contribution in [0.2, 0.25) is 5.04 Å². The zero-order valence-electron chi connectivity index (χ0n) is 18.1. The molecule has 0 saturated heterocycles. The highest BCUT2D eigenvalue weighted by Gasteiger charge is 2.52. The van der Waals surface area contributed by atoms with Gasteiger partial charge in [0.05, 0.1) is 0 Å². The molecule has 0 amide bonds. The molecule has 150 valence electrons. The summed E-state index contributed by atoms with van der Waals surface area (Å²) in [5.74, 6) is 1.63. The van der Waals surface area contributed by atoms with Crippen LogP contribution in [0.4, 0.5) is 0 Å². The zero-order chi connectivity index (χ0) is 20.5. The number of rotatable bonds is 4. The summed E-state index contributed by atoms with van der Waals surface area (Å²) in [7, 11) is -2.56. The van der Waals surface area contributed by atoms with Crippen LogP contribution in [-0.4, -0.2) is 8.32 Å². The number of benzene rings is 3. The van der Waals surface area contributed by atoms with Crippen LogP contribution in [0.1, 0.15) is 57.6 Å². The molecule has 0 N–H and O–H groups in total. The Hall–Kier alpha value is -2.32.